The number of aromatic hydroxyl groups is 1. The first-order chi connectivity index (χ1) is 10.6. The predicted molar refractivity (Wildman–Crippen MR) is 90.8 cm³/mol. The highest BCUT2D eigenvalue weighted by Crippen LogP contribution is 2.34. The highest BCUT2D eigenvalue weighted by Gasteiger charge is 2.17. The van der Waals surface area contributed by atoms with E-state index in [1.54, 1.807) is 12.1 Å². The van der Waals surface area contributed by atoms with E-state index in [1.165, 1.54) is 0 Å². The zero-order valence-corrected chi connectivity index (χ0v) is 12.1. The normalized spacial score (nSPS) is 10.8. The molecule has 0 aromatic heterocycles. The molecule has 0 fully saturated rings. The summed E-state index contributed by atoms with van der Waals surface area (Å²) in [5.74, 6) is 0.279. The van der Waals surface area contributed by atoms with Gasteiger partial charge in [0.25, 0.3) is 0 Å². The van der Waals surface area contributed by atoms with Gasteiger partial charge in [0.1, 0.15) is 5.75 Å². The molecule has 3 rings (SSSR count). The lowest BCUT2D eigenvalue weighted by molar-refractivity contribution is 0.474. The van der Waals surface area contributed by atoms with Crippen molar-refractivity contribution in [3.05, 3.63) is 89.5 Å². The van der Waals surface area contributed by atoms with Gasteiger partial charge in [0, 0.05) is 17.3 Å². The monoisotopic (exact) mass is 290 g/mol. The maximum atomic E-state index is 9.80. The Labute approximate surface area is 129 Å². The Morgan fingerprint density at radius 3 is 1.59 bits per heavy atom. The molecule has 0 bridgehead atoms. The molecule has 0 aliphatic rings. The second-order valence-electron chi connectivity index (χ2n) is 5.36. The fourth-order valence-electron chi connectivity index (χ4n) is 2.66. The molecule has 5 N–H and O–H groups in total. The van der Waals surface area contributed by atoms with Crippen molar-refractivity contribution in [2.75, 3.05) is 11.5 Å². The minimum atomic E-state index is 0.0216. The van der Waals surface area contributed by atoms with E-state index in [0.717, 1.165) is 28.1 Å². The third kappa shape index (κ3) is 2.88. The molecule has 3 aromatic rings. The molecule has 0 amide bonds. The van der Waals surface area contributed by atoms with Gasteiger partial charge >= 0.3 is 0 Å². The van der Waals surface area contributed by atoms with Crippen LogP contribution in [0.3, 0.4) is 0 Å². The van der Waals surface area contributed by atoms with Crippen LogP contribution in [0.15, 0.2) is 72.8 Å². The van der Waals surface area contributed by atoms with Crippen LogP contribution in [-0.2, 0) is 0 Å². The van der Waals surface area contributed by atoms with Crippen LogP contribution in [0.5, 0.6) is 5.75 Å². The average Bonchev–Trinajstić information content (AvgIpc) is 2.51. The second kappa shape index (κ2) is 5.82. The first-order valence-corrected chi connectivity index (χ1v) is 7.13. The summed E-state index contributed by atoms with van der Waals surface area (Å²) in [4.78, 5) is 0. The summed E-state index contributed by atoms with van der Waals surface area (Å²) >= 11 is 0. The van der Waals surface area contributed by atoms with Crippen LogP contribution in [0.2, 0.25) is 0 Å². The fourth-order valence-corrected chi connectivity index (χ4v) is 2.66. The Bertz CT molecular complexity index is 719. The molecule has 0 unspecified atom stereocenters. The van der Waals surface area contributed by atoms with E-state index in [2.05, 4.69) is 0 Å². The van der Waals surface area contributed by atoms with Gasteiger partial charge in [0.15, 0.2) is 0 Å². The molecule has 0 saturated carbocycles. The van der Waals surface area contributed by atoms with Gasteiger partial charge in [-0.15, -0.1) is 0 Å². The Morgan fingerprint density at radius 2 is 1.14 bits per heavy atom. The Hall–Kier alpha value is -2.94. The minimum Gasteiger partial charge on any atom is -0.508 e. The lowest BCUT2D eigenvalue weighted by Crippen LogP contribution is -2.04. The van der Waals surface area contributed by atoms with Gasteiger partial charge in [-0.2, -0.15) is 0 Å². The van der Waals surface area contributed by atoms with Crippen LogP contribution in [0, 0.1) is 0 Å². The molecule has 0 saturated heterocycles. The highest BCUT2D eigenvalue weighted by atomic mass is 16.3. The quantitative estimate of drug-likeness (QED) is 0.508. The van der Waals surface area contributed by atoms with E-state index in [-0.39, 0.29) is 11.7 Å². The highest BCUT2D eigenvalue weighted by molar-refractivity contribution is 5.50. The number of phenols is 1. The number of anilines is 2. The SMILES string of the molecule is Nc1ccc(C(c2ccc(N)cc2)c2cccc(O)c2)cc1. The van der Waals surface area contributed by atoms with Crippen molar-refractivity contribution in [2.24, 2.45) is 0 Å². The van der Waals surface area contributed by atoms with E-state index in [9.17, 15) is 5.11 Å². The molecule has 0 atom stereocenters. The zero-order chi connectivity index (χ0) is 15.5. The van der Waals surface area contributed by atoms with Gasteiger partial charge in [-0.3, -0.25) is 0 Å². The van der Waals surface area contributed by atoms with E-state index in [4.69, 9.17) is 11.5 Å². The second-order valence-corrected chi connectivity index (χ2v) is 5.36. The van der Waals surface area contributed by atoms with Crippen molar-refractivity contribution in [1.29, 1.82) is 0 Å². The van der Waals surface area contributed by atoms with Gasteiger partial charge in [0.05, 0.1) is 0 Å². The number of nitrogen functional groups attached to an aromatic ring is 2. The van der Waals surface area contributed by atoms with Crippen LogP contribution in [-0.4, -0.2) is 5.11 Å². The standard InChI is InChI=1S/C19H18N2O/c20-16-8-4-13(5-9-16)19(14-6-10-17(21)11-7-14)15-2-1-3-18(22)12-15/h1-12,19,22H,20-21H2. The molecule has 3 nitrogen and oxygen atoms in total. The van der Waals surface area contributed by atoms with Gasteiger partial charge in [0.2, 0.25) is 0 Å². The smallest absolute Gasteiger partial charge is 0.115 e. The molecule has 0 aliphatic carbocycles. The van der Waals surface area contributed by atoms with Gasteiger partial charge in [-0.25, -0.2) is 0 Å². The minimum absolute atomic E-state index is 0.0216. The van der Waals surface area contributed by atoms with Crippen LogP contribution in [0.1, 0.15) is 22.6 Å². The number of hydrogen-bond acceptors (Lipinski definition) is 3. The molecule has 110 valence electrons. The molecular formula is C19H18N2O. The van der Waals surface area contributed by atoms with Crippen molar-refractivity contribution in [3.8, 4) is 5.75 Å². The summed E-state index contributed by atoms with van der Waals surface area (Å²) in [5.41, 5.74) is 16.3. The van der Waals surface area contributed by atoms with Gasteiger partial charge in [-0.05, 0) is 53.1 Å². The summed E-state index contributed by atoms with van der Waals surface area (Å²) in [6, 6.07) is 22.9. The maximum Gasteiger partial charge on any atom is 0.115 e. The van der Waals surface area contributed by atoms with E-state index >= 15 is 0 Å². The summed E-state index contributed by atoms with van der Waals surface area (Å²) in [6.45, 7) is 0. The summed E-state index contributed by atoms with van der Waals surface area (Å²) in [7, 11) is 0. The first-order valence-electron chi connectivity index (χ1n) is 7.13. The number of benzene rings is 3. The number of phenolic OH excluding ortho intramolecular Hbond substituents is 1. The lowest BCUT2D eigenvalue weighted by atomic mass is 9.85. The van der Waals surface area contributed by atoms with Crippen molar-refractivity contribution < 1.29 is 5.11 Å². The Balaban J connectivity index is 2.13. The van der Waals surface area contributed by atoms with Crippen molar-refractivity contribution in [2.45, 2.75) is 5.92 Å². The fraction of sp³-hybridized carbons (Fsp3) is 0.0526. The van der Waals surface area contributed by atoms with Crippen molar-refractivity contribution in [3.63, 3.8) is 0 Å². The first kappa shape index (κ1) is 14.0. The van der Waals surface area contributed by atoms with Crippen molar-refractivity contribution >= 4 is 11.4 Å². The van der Waals surface area contributed by atoms with Gasteiger partial charge in [-0.1, -0.05) is 36.4 Å². The lowest BCUT2D eigenvalue weighted by Gasteiger charge is -2.19. The van der Waals surface area contributed by atoms with Gasteiger partial charge < -0.3 is 16.6 Å². The van der Waals surface area contributed by atoms with Crippen LogP contribution < -0.4 is 11.5 Å². The zero-order valence-electron chi connectivity index (χ0n) is 12.1. The summed E-state index contributed by atoms with van der Waals surface area (Å²) in [5, 5.41) is 9.80. The molecule has 0 heterocycles. The third-order valence-corrected chi connectivity index (χ3v) is 3.74. The molecule has 22 heavy (non-hydrogen) atoms. The number of nitrogens with two attached hydrogens (primary N) is 2. The Kier molecular flexibility index (Phi) is 3.71. The number of rotatable bonds is 3. The Morgan fingerprint density at radius 1 is 0.636 bits per heavy atom. The maximum absolute atomic E-state index is 9.80. The third-order valence-electron chi connectivity index (χ3n) is 3.74. The van der Waals surface area contributed by atoms with E-state index in [1.807, 2.05) is 60.7 Å². The largest absolute Gasteiger partial charge is 0.508 e. The molecular weight excluding hydrogens is 272 g/mol. The molecule has 3 aromatic carbocycles. The number of hydrogen-bond donors (Lipinski definition) is 3. The average molecular weight is 290 g/mol. The molecule has 0 aliphatic heterocycles. The van der Waals surface area contributed by atoms with Crippen LogP contribution in [0.4, 0.5) is 11.4 Å². The summed E-state index contributed by atoms with van der Waals surface area (Å²) in [6.07, 6.45) is 0. The van der Waals surface area contributed by atoms with Crippen LogP contribution in [0.25, 0.3) is 0 Å². The molecule has 3 heteroatoms. The van der Waals surface area contributed by atoms with E-state index in [0.29, 0.717) is 0 Å². The summed E-state index contributed by atoms with van der Waals surface area (Å²) < 4.78 is 0. The molecule has 0 spiro atoms. The topological polar surface area (TPSA) is 72.3 Å². The molecule has 0 radical (unpaired) electrons. The van der Waals surface area contributed by atoms with Crippen LogP contribution >= 0.6 is 0 Å². The predicted octanol–water partition coefficient (Wildman–Crippen LogP) is 3.74. The van der Waals surface area contributed by atoms with E-state index < -0.39 is 0 Å². The van der Waals surface area contributed by atoms with Crippen molar-refractivity contribution in [1.82, 2.24) is 0 Å².